The van der Waals surface area contributed by atoms with Gasteiger partial charge >= 0.3 is 0 Å². The average molecular weight is 255 g/mol. The van der Waals surface area contributed by atoms with Crippen molar-refractivity contribution in [1.29, 1.82) is 5.26 Å². The molecule has 3 rings (SSSR count). The summed E-state index contributed by atoms with van der Waals surface area (Å²) >= 11 is 1.73. The van der Waals surface area contributed by atoms with Crippen molar-refractivity contribution in [2.24, 2.45) is 0 Å². The van der Waals surface area contributed by atoms with E-state index >= 15 is 0 Å². The quantitative estimate of drug-likeness (QED) is 0.842. The summed E-state index contributed by atoms with van der Waals surface area (Å²) in [6.07, 6.45) is 4.32. The molecule has 1 aliphatic carbocycles. The van der Waals surface area contributed by atoms with E-state index < -0.39 is 0 Å². The zero-order valence-corrected chi connectivity index (χ0v) is 10.7. The number of hydrogen-bond acceptors (Lipinski definition) is 4. The molecule has 90 valence electrons. The van der Waals surface area contributed by atoms with E-state index in [0.29, 0.717) is 11.7 Å². The van der Waals surface area contributed by atoms with Crippen LogP contribution in [0.2, 0.25) is 0 Å². The van der Waals surface area contributed by atoms with Gasteiger partial charge in [0.1, 0.15) is 11.8 Å². The molecule has 2 heterocycles. The lowest BCUT2D eigenvalue weighted by atomic mass is 10.2. The molecule has 1 fully saturated rings. The molecule has 0 spiro atoms. The molecule has 0 saturated heterocycles. The number of rotatable bonds is 4. The highest BCUT2D eigenvalue weighted by molar-refractivity contribution is 7.07. The van der Waals surface area contributed by atoms with Gasteiger partial charge in [-0.05, 0) is 47.4 Å². The van der Waals surface area contributed by atoms with Crippen molar-refractivity contribution in [3.05, 3.63) is 46.4 Å². The standard InChI is InChI=1S/C14H13N3S/c15-7-12-1-2-14(8-16-12)17(13-3-4-13)9-11-5-6-18-10-11/h1-2,5-6,8,10,13H,3-4,9H2. The van der Waals surface area contributed by atoms with E-state index in [1.807, 2.05) is 12.3 Å². The third kappa shape index (κ3) is 2.36. The first-order chi connectivity index (χ1) is 8.86. The number of nitrogens with zero attached hydrogens (tertiary/aromatic N) is 3. The van der Waals surface area contributed by atoms with Crippen LogP contribution in [0, 0.1) is 11.3 Å². The Hall–Kier alpha value is -1.86. The lowest BCUT2D eigenvalue weighted by molar-refractivity contribution is 0.793. The molecule has 0 N–H and O–H groups in total. The monoisotopic (exact) mass is 255 g/mol. The molecule has 1 aliphatic rings. The van der Waals surface area contributed by atoms with E-state index in [-0.39, 0.29) is 0 Å². The Morgan fingerprint density at radius 2 is 2.28 bits per heavy atom. The van der Waals surface area contributed by atoms with E-state index in [9.17, 15) is 0 Å². The van der Waals surface area contributed by atoms with Gasteiger partial charge in [0.2, 0.25) is 0 Å². The van der Waals surface area contributed by atoms with Crippen LogP contribution in [-0.2, 0) is 6.54 Å². The number of anilines is 1. The highest BCUT2D eigenvalue weighted by Crippen LogP contribution is 2.33. The van der Waals surface area contributed by atoms with E-state index in [4.69, 9.17) is 5.26 Å². The molecule has 2 aromatic heterocycles. The number of hydrogen-bond donors (Lipinski definition) is 0. The van der Waals surface area contributed by atoms with Gasteiger partial charge in [-0.25, -0.2) is 4.98 Å². The van der Waals surface area contributed by atoms with Crippen LogP contribution in [0.25, 0.3) is 0 Å². The zero-order valence-electron chi connectivity index (χ0n) is 9.91. The second-order valence-corrected chi connectivity index (χ2v) is 5.28. The zero-order chi connectivity index (χ0) is 12.4. The first kappa shape index (κ1) is 11.2. The predicted octanol–water partition coefficient (Wildman–Crippen LogP) is 3.18. The van der Waals surface area contributed by atoms with Gasteiger partial charge in [0.05, 0.1) is 11.9 Å². The van der Waals surface area contributed by atoms with Crippen LogP contribution in [-0.4, -0.2) is 11.0 Å². The second kappa shape index (κ2) is 4.79. The topological polar surface area (TPSA) is 39.9 Å². The summed E-state index contributed by atoms with van der Waals surface area (Å²) in [7, 11) is 0. The van der Waals surface area contributed by atoms with Crippen LogP contribution >= 0.6 is 11.3 Å². The van der Waals surface area contributed by atoms with Crippen molar-refractivity contribution < 1.29 is 0 Å². The highest BCUT2D eigenvalue weighted by Gasteiger charge is 2.29. The van der Waals surface area contributed by atoms with E-state index in [2.05, 4.69) is 32.8 Å². The first-order valence-corrected chi connectivity index (χ1v) is 6.95. The summed E-state index contributed by atoms with van der Waals surface area (Å²) in [5, 5.41) is 13.1. The molecule has 0 atom stereocenters. The van der Waals surface area contributed by atoms with Crippen LogP contribution in [0.1, 0.15) is 24.1 Å². The molecule has 0 aliphatic heterocycles. The smallest absolute Gasteiger partial charge is 0.140 e. The maximum atomic E-state index is 8.77. The number of aromatic nitrogens is 1. The van der Waals surface area contributed by atoms with Crippen molar-refractivity contribution >= 4 is 17.0 Å². The third-order valence-corrected chi connectivity index (χ3v) is 3.85. The molecule has 2 aromatic rings. The molecule has 0 bridgehead atoms. The molecule has 4 heteroatoms. The summed E-state index contributed by atoms with van der Waals surface area (Å²) in [5.74, 6) is 0. The van der Waals surface area contributed by atoms with Crippen LogP contribution < -0.4 is 4.90 Å². The summed E-state index contributed by atoms with van der Waals surface area (Å²) in [5.41, 5.74) is 2.93. The second-order valence-electron chi connectivity index (χ2n) is 4.50. The van der Waals surface area contributed by atoms with Gasteiger partial charge in [0.15, 0.2) is 0 Å². The first-order valence-electron chi connectivity index (χ1n) is 6.00. The van der Waals surface area contributed by atoms with Crippen molar-refractivity contribution in [1.82, 2.24) is 4.98 Å². The number of pyridine rings is 1. The summed E-state index contributed by atoms with van der Waals surface area (Å²) in [6.45, 7) is 0.932. The van der Waals surface area contributed by atoms with Crippen molar-refractivity contribution in [2.75, 3.05) is 4.90 Å². The van der Waals surface area contributed by atoms with Crippen molar-refractivity contribution in [3.8, 4) is 6.07 Å². The van der Waals surface area contributed by atoms with Gasteiger partial charge in [0.25, 0.3) is 0 Å². The Bertz CT molecular complexity index is 550. The van der Waals surface area contributed by atoms with Crippen LogP contribution in [0.3, 0.4) is 0 Å². The summed E-state index contributed by atoms with van der Waals surface area (Å²) in [6, 6.07) is 8.64. The summed E-state index contributed by atoms with van der Waals surface area (Å²) < 4.78 is 0. The third-order valence-electron chi connectivity index (χ3n) is 3.11. The van der Waals surface area contributed by atoms with E-state index in [0.717, 1.165) is 12.2 Å². The molecule has 0 amide bonds. The van der Waals surface area contributed by atoms with Crippen LogP contribution in [0.15, 0.2) is 35.2 Å². The Labute approximate surface area is 110 Å². The average Bonchev–Trinajstić information content (AvgIpc) is 3.13. The minimum atomic E-state index is 0.477. The van der Waals surface area contributed by atoms with E-state index in [1.54, 1.807) is 17.4 Å². The van der Waals surface area contributed by atoms with Gasteiger partial charge < -0.3 is 4.90 Å². The molecule has 0 radical (unpaired) electrons. The van der Waals surface area contributed by atoms with Gasteiger partial charge in [-0.3, -0.25) is 0 Å². The Kier molecular flexibility index (Phi) is 2.99. The molecule has 0 unspecified atom stereocenters. The molecule has 0 aromatic carbocycles. The van der Waals surface area contributed by atoms with Crippen LogP contribution in [0.5, 0.6) is 0 Å². The number of nitriles is 1. The lowest BCUT2D eigenvalue weighted by Gasteiger charge is -2.23. The Balaban J connectivity index is 1.82. The number of thiophene rings is 1. The summed E-state index contributed by atoms with van der Waals surface area (Å²) in [4.78, 5) is 6.54. The fraction of sp³-hybridized carbons (Fsp3) is 0.286. The molecular weight excluding hydrogens is 242 g/mol. The Morgan fingerprint density at radius 3 is 2.83 bits per heavy atom. The van der Waals surface area contributed by atoms with Gasteiger partial charge in [-0.2, -0.15) is 16.6 Å². The van der Waals surface area contributed by atoms with Crippen LogP contribution in [0.4, 0.5) is 5.69 Å². The molecular formula is C14H13N3S. The fourth-order valence-electron chi connectivity index (χ4n) is 2.02. The molecule has 1 saturated carbocycles. The Morgan fingerprint density at radius 1 is 1.39 bits per heavy atom. The van der Waals surface area contributed by atoms with Gasteiger partial charge in [-0.1, -0.05) is 0 Å². The van der Waals surface area contributed by atoms with Crippen molar-refractivity contribution in [3.63, 3.8) is 0 Å². The largest absolute Gasteiger partial charge is 0.363 e. The maximum Gasteiger partial charge on any atom is 0.140 e. The minimum absolute atomic E-state index is 0.477. The minimum Gasteiger partial charge on any atom is -0.363 e. The SMILES string of the molecule is N#Cc1ccc(N(Cc2ccsc2)C2CC2)cn1. The molecule has 18 heavy (non-hydrogen) atoms. The maximum absolute atomic E-state index is 8.77. The molecule has 3 nitrogen and oxygen atoms in total. The van der Waals surface area contributed by atoms with E-state index in [1.165, 1.54) is 18.4 Å². The lowest BCUT2D eigenvalue weighted by Crippen LogP contribution is -2.24. The predicted molar refractivity (Wildman–Crippen MR) is 72.5 cm³/mol. The fourth-order valence-corrected chi connectivity index (χ4v) is 2.68. The van der Waals surface area contributed by atoms with Crippen molar-refractivity contribution in [2.45, 2.75) is 25.4 Å². The highest BCUT2D eigenvalue weighted by atomic mass is 32.1. The van der Waals surface area contributed by atoms with Gasteiger partial charge in [-0.15, -0.1) is 0 Å². The van der Waals surface area contributed by atoms with Gasteiger partial charge in [0, 0.05) is 12.6 Å². The normalized spacial score (nSPS) is 14.2.